The molecule has 4 rings (SSSR count). The molecule has 31 heavy (non-hydrogen) atoms. The SMILES string of the molecule is Cc1cc(NC(=O)COC(=O)c2cc3c(C)nn(-c4ccc(Cl)cc4)c3s2)ccc1Br. The van der Waals surface area contributed by atoms with Gasteiger partial charge < -0.3 is 10.1 Å². The Morgan fingerprint density at radius 1 is 1.16 bits per heavy atom. The minimum absolute atomic E-state index is 0.371. The molecule has 2 aromatic carbocycles. The highest BCUT2D eigenvalue weighted by atomic mass is 79.9. The third-order valence-corrected chi connectivity index (χ3v) is 6.83. The first-order chi connectivity index (χ1) is 14.8. The van der Waals surface area contributed by atoms with Gasteiger partial charge >= 0.3 is 5.97 Å². The quantitative estimate of drug-likeness (QED) is 0.333. The van der Waals surface area contributed by atoms with E-state index in [2.05, 4.69) is 26.3 Å². The van der Waals surface area contributed by atoms with E-state index in [4.69, 9.17) is 16.3 Å². The van der Waals surface area contributed by atoms with Crippen LogP contribution in [0.3, 0.4) is 0 Å². The van der Waals surface area contributed by atoms with Gasteiger partial charge in [0, 0.05) is 20.6 Å². The number of halogens is 2. The van der Waals surface area contributed by atoms with Crippen molar-refractivity contribution in [2.24, 2.45) is 0 Å². The van der Waals surface area contributed by atoms with Gasteiger partial charge in [0.15, 0.2) is 6.61 Å². The van der Waals surface area contributed by atoms with E-state index >= 15 is 0 Å². The lowest BCUT2D eigenvalue weighted by Crippen LogP contribution is -2.20. The van der Waals surface area contributed by atoms with E-state index in [1.165, 1.54) is 11.3 Å². The Hall–Kier alpha value is -2.68. The number of carbonyl (C=O) groups excluding carboxylic acids is 2. The maximum atomic E-state index is 12.5. The van der Waals surface area contributed by atoms with Crippen molar-refractivity contribution in [1.29, 1.82) is 0 Å². The van der Waals surface area contributed by atoms with Crippen molar-refractivity contribution in [3.63, 3.8) is 0 Å². The smallest absolute Gasteiger partial charge is 0.348 e. The highest BCUT2D eigenvalue weighted by molar-refractivity contribution is 9.10. The number of aryl methyl sites for hydroxylation is 2. The molecule has 0 unspecified atom stereocenters. The number of aromatic nitrogens is 2. The maximum Gasteiger partial charge on any atom is 0.348 e. The molecule has 0 saturated carbocycles. The zero-order chi connectivity index (χ0) is 22.1. The molecule has 2 heterocycles. The summed E-state index contributed by atoms with van der Waals surface area (Å²) in [4.78, 5) is 25.9. The molecule has 0 atom stereocenters. The molecule has 0 spiro atoms. The summed E-state index contributed by atoms with van der Waals surface area (Å²) < 4.78 is 7.94. The number of benzene rings is 2. The Morgan fingerprint density at radius 3 is 2.61 bits per heavy atom. The number of amides is 1. The number of hydrogen-bond acceptors (Lipinski definition) is 5. The molecule has 0 aliphatic carbocycles. The summed E-state index contributed by atoms with van der Waals surface area (Å²) in [5, 5.41) is 8.77. The molecule has 158 valence electrons. The molecule has 0 saturated heterocycles. The van der Waals surface area contributed by atoms with Crippen LogP contribution in [0, 0.1) is 13.8 Å². The first kappa shape index (κ1) is 21.5. The van der Waals surface area contributed by atoms with Crippen LogP contribution >= 0.6 is 38.9 Å². The van der Waals surface area contributed by atoms with Crippen molar-refractivity contribution >= 4 is 66.6 Å². The van der Waals surface area contributed by atoms with E-state index in [9.17, 15) is 9.59 Å². The molecule has 4 aromatic rings. The second-order valence-electron chi connectivity index (χ2n) is 6.89. The molecule has 6 nitrogen and oxygen atoms in total. The molecule has 0 fully saturated rings. The molecule has 2 aromatic heterocycles. The summed E-state index contributed by atoms with van der Waals surface area (Å²) in [5.41, 5.74) is 3.27. The fourth-order valence-corrected chi connectivity index (χ4v) is 4.48. The van der Waals surface area contributed by atoms with Crippen molar-refractivity contribution in [3.05, 3.63) is 74.2 Å². The van der Waals surface area contributed by atoms with E-state index in [0.29, 0.717) is 15.6 Å². The Morgan fingerprint density at radius 2 is 1.90 bits per heavy atom. The van der Waals surface area contributed by atoms with Gasteiger partial charge in [-0.2, -0.15) is 5.10 Å². The standard InChI is InChI=1S/C22H17BrClN3O3S/c1-12-9-15(5-8-18(12)23)25-20(28)11-30-22(29)19-10-17-13(2)26-27(21(17)31-19)16-6-3-14(24)4-7-16/h3-10H,11H2,1-2H3,(H,25,28). The van der Waals surface area contributed by atoms with Gasteiger partial charge in [-0.1, -0.05) is 27.5 Å². The number of thiophene rings is 1. The average Bonchev–Trinajstić information content (AvgIpc) is 3.30. The van der Waals surface area contributed by atoms with E-state index in [-0.39, 0.29) is 6.61 Å². The third-order valence-electron chi connectivity index (χ3n) is 4.59. The van der Waals surface area contributed by atoms with Crippen LogP contribution in [0.4, 0.5) is 5.69 Å². The number of ether oxygens (including phenoxy) is 1. The number of carbonyl (C=O) groups is 2. The van der Waals surface area contributed by atoms with Crippen LogP contribution in [0.1, 0.15) is 20.9 Å². The molecule has 1 N–H and O–H groups in total. The first-order valence-corrected chi connectivity index (χ1v) is 11.3. The molecular formula is C22H17BrClN3O3S. The number of esters is 1. The van der Waals surface area contributed by atoms with E-state index in [1.807, 2.05) is 38.1 Å². The topological polar surface area (TPSA) is 73.2 Å². The molecule has 1 amide bonds. The van der Waals surface area contributed by atoms with Crippen LogP contribution in [0.2, 0.25) is 5.02 Å². The molecule has 0 aliphatic heterocycles. The molecule has 0 aliphatic rings. The highest BCUT2D eigenvalue weighted by Gasteiger charge is 2.19. The molecule has 9 heteroatoms. The van der Waals surface area contributed by atoms with Gasteiger partial charge in [0.1, 0.15) is 9.71 Å². The van der Waals surface area contributed by atoms with Gasteiger partial charge in [-0.25, -0.2) is 9.48 Å². The normalized spacial score (nSPS) is 11.0. The fraction of sp³-hybridized carbons (Fsp3) is 0.136. The highest BCUT2D eigenvalue weighted by Crippen LogP contribution is 2.31. The summed E-state index contributed by atoms with van der Waals surface area (Å²) in [6.45, 7) is 3.43. The van der Waals surface area contributed by atoms with Crippen LogP contribution in [0.15, 0.2) is 53.0 Å². The summed E-state index contributed by atoms with van der Waals surface area (Å²) in [7, 11) is 0. The van der Waals surface area contributed by atoms with Gasteiger partial charge in [-0.15, -0.1) is 11.3 Å². The maximum absolute atomic E-state index is 12.5. The fourth-order valence-electron chi connectivity index (χ4n) is 3.03. The molecule has 0 bridgehead atoms. The Kier molecular flexibility index (Phi) is 6.13. The zero-order valence-electron chi connectivity index (χ0n) is 16.6. The summed E-state index contributed by atoms with van der Waals surface area (Å²) in [6, 6.07) is 14.5. The second kappa shape index (κ2) is 8.82. The van der Waals surface area contributed by atoms with E-state index in [0.717, 1.165) is 31.6 Å². The number of rotatable bonds is 5. The Balaban J connectivity index is 1.46. The Labute approximate surface area is 195 Å². The van der Waals surface area contributed by atoms with Gasteiger partial charge in [0.2, 0.25) is 0 Å². The zero-order valence-corrected chi connectivity index (χ0v) is 19.8. The minimum Gasteiger partial charge on any atom is -0.451 e. The lowest BCUT2D eigenvalue weighted by atomic mass is 10.2. The van der Waals surface area contributed by atoms with Crippen molar-refractivity contribution < 1.29 is 14.3 Å². The number of hydrogen-bond donors (Lipinski definition) is 1. The van der Waals surface area contributed by atoms with Crippen molar-refractivity contribution in [3.8, 4) is 5.69 Å². The molecular weight excluding hydrogens is 502 g/mol. The van der Waals surface area contributed by atoms with Gasteiger partial charge in [0.05, 0.1) is 11.4 Å². The van der Waals surface area contributed by atoms with E-state index < -0.39 is 11.9 Å². The van der Waals surface area contributed by atoms with Gasteiger partial charge in [-0.3, -0.25) is 4.79 Å². The second-order valence-corrected chi connectivity index (χ2v) is 9.21. The van der Waals surface area contributed by atoms with E-state index in [1.54, 1.807) is 28.9 Å². The Bertz CT molecular complexity index is 1300. The van der Waals surface area contributed by atoms with Crippen LogP contribution in [-0.2, 0) is 9.53 Å². The van der Waals surface area contributed by atoms with Gasteiger partial charge in [-0.05, 0) is 67.9 Å². The van der Waals surface area contributed by atoms with Crippen molar-refractivity contribution in [2.45, 2.75) is 13.8 Å². The molecule has 0 radical (unpaired) electrons. The summed E-state index contributed by atoms with van der Waals surface area (Å²) in [6.07, 6.45) is 0. The predicted octanol–water partition coefficient (Wildman–Crippen LogP) is 5.92. The number of nitrogens with one attached hydrogen (secondary N) is 1. The van der Waals surface area contributed by atoms with Crippen LogP contribution in [0.5, 0.6) is 0 Å². The van der Waals surface area contributed by atoms with Crippen molar-refractivity contribution in [2.75, 3.05) is 11.9 Å². The largest absolute Gasteiger partial charge is 0.451 e. The third kappa shape index (κ3) is 4.66. The van der Waals surface area contributed by atoms with Crippen LogP contribution in [0.25, 0.3) is 15.9 Å². The summed E-state index contributed by atoms with van der Waals surface area (Å²) >= 11 is 10.7. The van der Waals surface area contributed by atoms with Gasteiger partial charge in [0.25, 0.3) is 5.91 Å². The van der Waals surface area contributed by atoms with Crippen LogP contribution in [-0.4, -0.2) is 28.3 Å². The first-order valence-electron chi connectivity index (χ1n) is 9.30. The van der Waals surface area contributed by atoms with Crippen LogP contribution < -0.4 is 5.32 Å². The number of nitrogens with zero attached hydrogens (tertiary/aromatic N) is 2. The lowest BCUT2D eigenvalue weighted by molar-refractivity contribution is -0.119. The average molecular weight is 519 g/mol. The monoisotopic (exact) mass is 517 g/mol. The lowest BCUT2D eigenvalue weighted by Gasteiger charge is -2.07. The van der Waals surface area contributed by atoms with Crippen molar-refractivity contribution in [1.82, 2.24) is 9.78 Å². The number of fused-ring (bicyclic) bond motifs is 1. The minimum atomic E-state index is -0.551. The predicted molar refractivity (Wildman–Crippen MR) is 126 cm³/mol. The number of anilines is 1. The summed E-state index contributed by atoms with van der Waals surface area (Å²) in [5.74, 6) is -0.954.